The van der Waals surface area contributed by atoms with Crippen molar-refractivity contribution in [3.63, 3.8) is 0 Å². The Morgan fingerprint density at radius 3 is 2.86 bits per heavy atom. The summed E-state index contributed by atoms with van der Waals surface area (Å²) in [5, 5.41) is 9.41. The molecule has 5 heteroatoms. The van der Waals surface area contributed by atoms with Crippen LogP contribution in [0.5, 0.6) is 5.75 Å². The van der Waals surface area contributed by atoms with Crippen LogP contribution in [0.15, 0.2) is 24.7 Å². The molecule has 0 bridgehead atoms. The molecule has 0 fully saturated rings. The number of nitrogens with one attached hydrogen (secondary N) is 1. The van der Waals surface area contributed by atoms with E-state index in [0.717, 1.165) is 6.07 Å². The van der Waals surface area contributed by atoms with Crippen molar-refractivity contribution < 1.29 is 9.50 Å². The lowest BCUT2D eigenvalue weighted by molar-refractivity contribution is 0.471. The van der Waals surface area contributed by atoms with Gasteiger partial charge in [0.05, 0.1) is 23.2 Å². The maximum Gasteiger partial charge on any atom is 0.145 e. The van der Waals surface area contributed by atoms with Gasteiger partial charge in [-0.25, -0.2) is 9.37 Å². The number of phenolic OH excluding ortho intramolecular Hbond substituents is 1. The standard InChI is InChI=1S/C9H6ClFN2O/c10-6-1-5(8-3-12-4-13-8)9(14)2-7(6)11/h1-4,14H,(H,12,13). The van der Waals surface area contributed by atoms with E-state index in [2.05, 4.69) is 9.97 Å². The molecular formula is C9H6ClFN2O. The van der Waals surface area contributed by atoms with Crippen LogP contribution in [0.25, 0.3) is 11.3 Å². The number of nitrogens with zero attached hydrogens (tertiary/aromatic N) is 1. The molecule has 72 valence electrons. The Kier molecular flexibility index (Phi) is 2.13. The maximum absolute atomic E-state index is 12.9. The van der Waals surface area contributed by atoms with Crippen molar-refractivity contribution in [2.45, 2.75) is 0 Å². The van der Waals surface area contributed by atoms with E-state index in [-0.39, 0.29) is 10.8 Å². The van der Waals surface area contributed by atoms with Crippen molar-refractivity contribution in [1.82, 2.24) is 9.97 Å². The van der Waals surface area contributed by atoms with Crippen LogP contribution in [0.2, 0.25) is 5.02 Å². The van der Waals surface area contributed by atoms with Gasteiger partial charge < -0.3 is 10.1 Å². The molecule has 2 aromatic rings. The highest BCUT2D eigenvalue weighted by atomic mass is 35.5. The van der Waals surface area contributed by atoms with Gasteiger partial charge in [0, 0.05) is 11.6 Å². The van der Waals surface area contributed by atoms with E-state index in [4.69, 9.17) is 11.6 Å². The predicted molar refractivity (Wildman–Crippen MR) is 50.7 cm³/mol. The lowest BCUT2D eigenvalue weighted by Gasteiger charge is -2.03. The molecule has 0 aliphatic rings. The second-order valence-electron chi connectivity index (χ2n) is 2.75. The van der Waals surface area contributed by atoms with Crippen LogP contribution in [-0.2, 0) is 0 Å². The smallest absolute Gasteiger partial charge is 0.145 e. The van der Waals surface area contributed by atoms with E-state index >= 15 is 0 Å². The number of aromatic nitrogens is 2. The molecular weight excluding hydrogens is 207 g/mol. The summed E-state index contributed by atoms with van der Waals surface area (Å²) in [7, 11) is 0. The number of hydrogen-bond acceptors (Lipinski definition) is 2. The van der Waals surface area contributed by atoms with Crippen LogP contribution in [-0.4, -0.2) is 15.1 Å². The minimum Gasteiger partial charge on any atom is -0.507 e. The number of H-pyrrole nitrogens is 1. The number of imidazole rings is 1. The number of aromatic amines is 1. The first-order valence-corrected chi connectivity index (χ1v) is 4.23. The van der Waals surface area contributed by atoms with Gasteiger partial charge in [-0.1, -0.05) is 11.6 Å². The van der Waals surface area contributed by atoms with Crippen molar-refractivity contribution in [2.75, 3.05) is 0 Å². The molecule has 0 unspecified atom stereocenters. The number of phenols is 1. The van der Waals surface area contributed by atoms with Crippen LogP contribution >= 0.6 is 11.6 Å². The molecule has 0 spiro atoms. The minimum atomic E-state index is -0.646. The average molecular weight is 213 g/mol. The van der Waals surface area contributed by atoms with E-state index in [1.807, 2.05) is 0 Å². The largest absolute Gasteiger partial charge is 0.507 e. The Bertz CT molecular complexity index is 456. The lowest BCUT2D eigenvalue weighted by atomic mass is 10.1. The third-order valence-electron chi connectivity index (χ3n) is 1.83. The Labute approximate surface area is 84.2 Å². The highest BCUT2D eigenvalue weighted by Crippen LogP contribution is 2.31. The summed E-state index contributed by atoms with van der Waals surface area (Å²) in [5.41, 5.74) is 1.01. The van der Waals surface area contributed by atoms with E-state index in [1.54, 1.807) is 0 Å². The van der Waals surface area contributed by atoms with Crippen LogP contribution in [0, 0.1) is 5.82 Å². The molecule has 0 saturated carbocycles. The van der Waals surface area contributed by atoms with Crippen molar-refractivity contribution in [2.24, 2.45) is 0 Å². The summed E-state index contributed by atoms with van der Waals surface area (Å²) in [5.74, 6) is -0.816. The number of rotatable bonds is 1. The van der Waals surface area contributed by atoms with Gasteiger partial charge in [0.25, 0.3) is 0 Å². The van der Waals surface area contributed by atoms with E-state index in [0.29, 0.717) is 11.3 Å². The molecule has 0 saturated heterocycles. The van der Waals surface area contributed by atoms with Crippen molar-refractivity contribution in [3.8, 4) is 17.0 Å². The monoisotopic (exact) mass is 212 g/mol. The van der Waals surface area contributed by atoms with E-state index in [9.17, 15) is 9.50 Å². The zero-order chi connectivity index (χ0) is 10.1. The van der Waals surface area contributed by atoms with Crippen molar-refractivity contribution in [3.05, 3.63) is 35.5 Å². The van der Waals surface area contributed by atoms with Gasteiger partial charge in [0.2, 0.25) is 0 Å². The fraction of sp³-hybridized carbons (Fsp3) is 0. The summed E-state index contributed by atoms with van der Waals surface area (Å²) < 4.78 is 12.9. The fourth-order valence-electron chi connectivity index (χ4n) is 1.16. The van der Waals surface area contributed by atoms with Crippen LogP contribution in [0.4, 0.5) is 4.39 Å². The Balaban J connectivity index is 2.60. The summed E-state index contributed by atoms with van der Waals surface area (Å²) in [6.07, 6.45) is 2.98. The fourth-order valence-corrected chi connectivity index (χ4v) is 1.32. The van der Waals surface area contributed by atoms with Crippen molar-refractivity contribution in [1.29, 1.82) is 0 Å². The molecule has 14 heavy (non-hydrogen) atoms. The number of halogens is 2. The van der Waals surface area contributed by atoms with Gasteiger partial charge >= 0.3 is 0 Å². The van der Waals surface area contributed by atoms with Crippen LogP contribution in [0.1, 0.15) is 0 Å². The molecule has 1 aromatic carbocycles. The quantitative estimate of drug-likeness (QED) is 0.763. The number of aromatic hydroxyl groups is 1. The first-order chi connectivity index (χ1) is 6.68. The molecule has 0 aliphatic carbocycles. The summed E-state index contributed by atoms with van der Waals surface area (Å²) in [6.45, 7) is 0. The van der Waals surface area contributed by atoms with Gasteiger partial charge in [0.15, 0.2) is 0 Å². The normalized spacial score (nSPS) is 10.4. The summed E-state index contributed by atoms with van der Waals surface area (Å²) in [6, 6.07) is 2.32. The third kappa shape index (κ3) is 1.44. The molecule has 0 radical (unpaired) electrons. The second kappa shape index (κ2) is 3.31. The lowest BCUT2D eigenvalue weighted by Crippen LogP contribution is -1.83. The SMILES string of the molecule is Oc1cc(F)c(Cl)cc1-c1cnc[nH]1. The van der Waals surface area contributed by atoms with Gasteiger partial charge in [-0.05, 0) is 6.07 Å². The number of benzene rings is 1. The molecule has 3 nitrogen and oxygen atoms in total. The average Bonchev–Trinajstić information content (AvgIpc) is 2.64. The number of hydrogen-bond donors (Lipinski definition) is 2. The van der Waals surface area contributed by atoms with Crippen LogP contribution < -0.4 is 0 Å². The predicted octanol–water partition coefficient (Wildman–Crippen LogP) is 2.57. The first kappa shape index (κ1) is 9.02. The Hall–Kier alpha value is -1.55. The van der Waals surface area contributed by atoms with E-state index in [1.165, 1.54) is 18.6 Å². The van der Waals surface area contributed by atoms with Gasteiger partial charge in [-0.2, -0.15) is 0 Å². The minimum absolute atomic E-state index is 0.0348. The molecule has 0 atom stereocenters. The first-order valence-electron chi connectivity index (χ1n) is 3.85. The second-order valence-corrected chi connectivity index (χ2v) is 3.16. The molecule has 0 amide bonds. The molecule has 0 aliphatic heterocycles. The Morgan fingerprint density at radius 2 is 2.21 bits per heavy atom. The molecule has 1 heterocycles. The zero-order valence-electron chi connectivity index (χ0n) is 6.96. The van der Waals surface area contributed by atoms with Crippen molar-refractivity contribution >= 4 is 11.6 Å². The highest BCUT2D eigenvalue weighted by Gasteiger charge is 2.10. The van der Waals surface area contributed by atoms with Gasteiger partial charge in [0.1, 0.15) is 11.6 Å². The van der Waals surface area contributed by atoms with Gasteiger partial charge in [-0.15, -0.1) is 0 Å². The topological polar surface area (TPSA) is 48.9 Å². The molecule has 2 N–H and O–H groups in total. The van der Waals surface area contributed by atoms with Gasteiger partial charge in [-0.3, -0.25) is 0 Å². The maximum atomic E-state index is 12.9. The summed E-state index contributed by atoms with van der Waals surface area (Å²) in [4.78, 5) is 6.58. The Morgan fingerprint density at radius 1 is 1.43 bits per heavy atom. The summed E-state index contributed by atoms with van der Waals surface area (Å²) >= 11 is 5.58. The zero-order valence-corrected chi connectivity index (χ0v) is 7.72. The third-order valence-corrected chi connectivity index (χ3v) is 2.12. The van der Waals surface area contributed by atoms with E-state index < -0.39 is 5.82 Å². The molecule has 1 aromatic heterocycles. The van der Waals surface area contributed by atoms with Crippen LogP contribution in [0.3, 0.4) is 0 Å². The highest BCUT2D eigenvalue weighted by molar-refractivity contribution is 6.31. The molecule has 2 rings (SSSR count).